The maximum absolute atomic E-state index is 13.5. The number of carbonyl (C=O) groups excluding carboxylic acids is 3. The summed E-state index contributed by atoms with van der Waals surface area (Å²) in [6.07, 6.45) is 2.91. The molecule has 10 nitrogen and oxygen atoms in total. The van der Waals surface area contributed by atoms with Crippen LogP contribution < -0.4 is 15.5 Å². The van der Waals surface area contributed by atoms with E-state index in [9.17, 15) is 14.4 Å². The largest absolute Gasteiger partial charge is 0.378 e. The molecule has 0 bridgehead atoms. The van der Waals surface area contributed by atoms with Crippen LogP contribution in [0.25, 0.3) is 10.2 Å². The maximum atomic E-state index is 13.5. The lowest BCUT2D eigenvalue weighted by Crippen LogP contribution is -2.36. The van der Waals surface area contributed by atoms with E-state index in [1.165, 1.54) is 24.2 Å². The van der Waals surface area contributed by atoms with E-state index in [1.807, 2.05) is 42.5 Å². The molecule has 2 saturated heterocycles. The van der Waals surface area contributed by atoms with Gasteiger partial charge in [0.1, 0.15) is 0 Å². The summed E-state index contributed by atoms with van der Waals surface area (Å²) in [5.41, 5.74) is 3.02. The maximum Gasteiger partial charge on any atom is 0.261 e. The highest BCUT2D eigenvalue weighted by Gasteiger charge is 2.24. The Morgan fingerprint density at radius 1 is 0.976 bits per heavy atom. The average molecular weight is 573 g/mol. The number of hydrogen-bond donors (Lipinski definition) is 2. The van der Waals surface area contributed by atoms with Crippen LogP contribution >= 0.6 is 11.3 Å². The number of rotatable bonds is 9. The number of amides is 2. The molecular weight excluding hydrogens is 540 g/mol. The van der Waals surface area contributed by atoms with Crippen molar-refractivity contribution in [2.24, 2.45) is 0 Å². The summed E-state index contributed by atoms with van der Waals surface area (Å²) < 4.78 is 7.13. The normalized spacial score (nSPS) is 16.5. The zero-order valence-corrected chi connectivity index (χ0v) is 23.4. The van der Waals surface area contributed by atoms with E-state index in [2.05, 4.69) is 25.5 Å². The zero-order chi connectivity index (χ0) is 28.2. The predicted molar refractivity (Wildman–Crippen MR) is 160 cm³/mol. The van der Waals surface area contributed by atoms with Crippen molar-refractivity contribution in [3.63, 3.8) is 0 Å². The van der Waals surface area contributed by atoms with Crippen LogP contribution in [0, 0.1) is 0 Å². The number of anilines is 2. The third-order valence-corrected chi connectivity index (χ3v) is 8.72. The van der Waals surface area contributed by atoms with Gasteiger partial charge in [0.25, 0.3) is 11.8 Å². The summed E-state index contributed by atoms with van der Waals surface area (Å²) in [6, 6.07) is 18.8. The molecule has 2 aliphatic heterocycles. The van der Waals surface area contributed by atoms with Crippen molar-refractivity contribution in [2.45, 2.75) is 18.9 Å². The number of nitrogens with one attached hydrogen (secondary N) is 2. The topological polar surface area (TPSA) is 109 Å². The number of carbonyl (C=O) groups is 3. The van der Waals surface area contributed by atoms with Crippen LogP contribution in [0.4, 0.5) is 11.5 Å². The Hall–Kier alpha value is -4.06. The van der Waals surface area contributed by atoms with Crippen LogP contribution in [-0.2, 0) is 9.53 Å². The molecule has 0 aliphatic carbocycles. The molecule has 2 fully saturated rings. The molecule has 2 amide bonds. The molecule has 2 N–H and O–H groups in total. The average Bonchev–Trinajstić information content (AvgIpc) is 3.76. The van der Waals surface area contributed by atoms with Crippen molar-refractivity contribution in [1.82, 2.24) is 20.0 Å². The Kier molecular flexibility index (Phi) is 8.08. The van der Waals surface area contributed by atoms with Crippen molar-refractivity contribution in [3.8, 4) is 0 Å². The first-order valence-corrected chi connectivity index (χ1v) is 14.7. The molecule has 212 valence electrons. The quantitative estimate of drug-likeness (QED) is 0.294. The van der Waals surface area contributed by atoms with Gasteiger partial charge >= 0.3 is 0 Å². The van der Waals surface area contributed by atoms with Gasteiger partial charge in [-0.25, -0.2) is 0 Å². The molecule has 2 aromatic heterocycles. The fourth-order valence-electron chi connectivity index (χ4n) is 5.40. The number of benzene rings is 2. The summed E-state index contributed by atoms with van der Waals surface area (Å²) in [4.78, 5) is 43.4. The molecule has 2 aromatic carbocycles. The zero-order valence-electron chi connectivity index (χ0n) is 22.6. The summed E-state index contributed by atoms with van der Waals surface area (Å²) in [6.45, 7) is 5.77. The number of fused-ring (bicyclic) bond motifs is 1. The summed E-state index contributed by atoms with van der Waals surface area (Å²) in [7, 11) is 0. The van der Waals surface area contributed by atoms with Gasteiger partial charge < -0.3 is 25.2 Å². The summed E-state index contributed by atoms with van der Waals surface area (Å²) >= 11 is 1.21. The molecule has 1 atom stereocenters. The number of thiophene rings is 1. The molecule has 4 aromatic rings. The van der Waals surface area contributed by atoms with E-state index in [0.717, 1.165) is 48.7 Å². The standard InChI is InChI=1S/C30H32N6O4S/c37-20-36-25-18-26(30(39)31-24(19-34-12-4-5-13-34)21-6-2-1-3-7-21)41-27(25)28(33-36)32-29(38)22-8-10-23(11-9-22)35-14-16-40-17-15-35/h1-3,6-11,18,20,24H,4-5,12-17,19H2,(H,31,39)(H,32,33,38)/t24-/m1/s1. The van der Waals surface area contributed by atoms with E-state index in [1.54, 1.807) is 18.2 Å². The highest BCUT2D eigenvalue weighted by Crippen LogP contribution is 2.32. The first kappa shape index (κ1) is 27.1. The fraction of sp³-hybridized carbons (Fsp3) is 0.333. The van der Waals surface area contributed by atoms with E-state index in [0.29, 0.717) is 40.3 Å². The number of ether oxygens (including phenoxy) is 1. The summed E-state index contributed by atoms with van der Waals surface area (Å²) in [5.74, 6) is -0.326. The minimum absolute atomic E-state index is 0.172. The number of nitrogens with zero attached hydrogens (tertiary/aromatic N) is 4. The van der Waals surface area contributed by atoms with Crippen LogP contribution in [0.3, 0.4) is 0 Å². The lowest BCUT2D eigenvalue weighted by molar-refractivity contribution is 0.0930. The van der Waals surface area contributed by atoms with Crippen LogP contribution in [0.2, 0.25) is 0 Å². The van der Waals surface area contributed by atoms with Gasteiger partial charge in [0.2, 0.25) is 6.41 Å². The van der Waals surface area contributed by atoms with Crippen molar-refractivity contribution in [2.75, 3.05) is 56.2 Å². The minimum Gasteiger partial charge on any atom is -0.378 e. The van der Waals surface area contributed by atoms with Crippen LogP contribution in [0.1, 0.15) is 44.5 Å². The first-order valence-electron chi connectivity index (χ1n) is 13.9. The number of morpholine rings is 1. The lowest BCUT2D eigenvalue weighted by atomic mass is 10.1. The van der Waals surface area contributed by atoms with Crippen LogP contribution in [0.5, 0.6) is 0 Å². The third kappa shape index (κ3) is 6.02. The molecule has 0 unspecified atom stereocenters. The fourth-order valence-corrected chi connectivity index (χ4v) is 6.39. The Morgan fingerprint density at radius 2 is 1.71 bits per heavy atom. The van der Waals surface area contributed by atoms with Crippen LogP contribution in [0.15, 0.2) is 60.7 Å². The smallest absolute Gasteiger partial charge is 0.261 e. The molecule has 0 radical (unpaired) electrons. The monoisotopic (exact) mass is 572 g/mol. The molecule has 4 heterocycles. The van der Waals surface area contributed by atoms with E-state index >= 15 is 0 Å². The second-order valence-electron chi connectivity index (χ2n) is 10.3. The predicted octanol–water partition coefficient (Wildman–Crippen LogP) is 3.79. The van der Waals surface area contributed by atoms with Gasteiger partial charge in [0.15, 0.2) is 5.82 Å². The molecule has 0 saturated carbocycles. The number of hydrogen-bond acceptors (Lipinski definition) is 8. The number of likely N-dealkylation sites (tertiary alicyclic amines) is 1. The Balaban J connectivity index is 1.19. The second kappa shape index (κ2) is 12.2. The van der Waals surface area contributed by atoms with Gasteiger partial charge in [-0.3, -0.25) is 14.4 Å². The highest BCUT2D eigenvalue weighted by atomic mass is 32.1. The van der Waals surface area contributed by atoms with E-state index in [-0.39, 0.29) is 23.7 Å². The molecule has 0 spiro atoms. The Labute approximate surface area is 241 Å². The molecule has 2 aliphatic rings. The van der Waals surface area contributed by atoms with E-state index in [4.69, 9.17) is 4.74 Å². The van der Waals surface area contributed by atoms with Crippen molar-refractivity contribution in [1.29, 1.82) is 0 Å². The van der Waals surface area contributed by atoms with Crippen molar-refractivity contribution < 1.29 is 19.1 Å². The Bertz CT molecular complexity index is 1520. The van der Waals surface area contributed by atoms with Gasteiger partial charge in [-0.1, -0.05) is 30.3 Å². The highest BCUT2D eigenvalue weighted by molar-refractivity contribution is 7.21. The van der Waals surface area contributed by atoms with Gasteiger partial charge in [-0.2, -0.15) is 4.68 Å². The van der Waals surface area contributed by atoms with Gasteiger partial charge in [0, 0.05) is 30.9 Å². The van der Waals surface area contributed by atoms with Crippen LogP contribution in [-0.4, -0.2) is 78.8 Å². The molecule has 11 heteroatoms. The number of aromatic nitrogens is 2. The molecule has 41 heavy (non-hydrogen) atoms. The van der Waals surface area contributed by atoms with Gasteiger partial charge in [-0.15, -0.1) is 16.4 Å². The van der Waals surface area contributed by atoms with Gasteiger partial charge in [0.05, 0.1) is 34.3 Å². The third-order valence-electron chi connectivity index (χ3n) is 7.59. The second-order valence-corrected chi connectivity index (χ2v) is 11.3. The lowest BCUT2D eigenvalue weighted by Gasteiger charge is -2.28. The summed E-state index contributed by atoms with van der Waals surface area (Å²) in [5, 5.41) is 10.3. The SMILES string of the molecule is O=Cn1nc(NC(=O)c2ccc(N3CCOCC3)cc2)c2sc(C(=O)N[C@H](CN3CCCC3)c3ccccc3)cc21. The molecule has 6 rings (SSSR count). The first-order chi connectivity index (χ1) is 20.1. The van der Waals surface area contributed by atoms with E-state index < -0.39 is 0 Å². The van der Waals surface area contributed by atoms with Crippen molar-refractivity contribution in [3.05, 3.63) is 76.7 Å². The Morgan fingerprint density at radius 3 is 2.41 bits per heavy atom. The molecular formula is C30H32N6O4S. The van der Waals surface area contributed by atoms with Gasteiger partial charge in [-0.05, 0) is 61.8 Å². The minimum atomic E-state index is -0.342. The van der Waals surface area contributed by atoms with Crippen molar-refractivity contribution >= 4 is 51.3 Å².